The van der Waals surface area contributed by atoms with Crippen LogP contribution < -0.4 is 5.32 Å². The van der Waals surface area contributed by atoms with E-state index in [2.05, 4.69) is 19.2 Å². The minimum absolute atomic E-state index is 0.263. The van der Waals surface area contributed by atoms with Gasteiger partial charge in [-0.05, 0) is 55.3 Å². The quantitative estimate of drug-likeness (QED) is 0.822. The van der Waals surface area contributed by atoms with Crippen molar-refractivity contribution >= 4 is 11.6 Å². The van der Waals surface area contributed by atoms with Gasteiger partial charge in [0.2, 0.25) is 0 Å². The molecule has 1 N–H and O–H groups in total. The summed E-state index contributed by atoms with van der Waals surface area (Å²) in [6.45, 7) is 5.49. The largest absolute Gasteiger partial charge is 0.314 e. The third-order valence-corrected chi connectivity index (χ3v) is 4.04. The minimum atomic E-state index is -0.263. The number of nitrogens with one attached hydrogen (secondary N) is 1. The fourth-order valence-corrected chi connectivity index (χ4v) is 2.36. The van der Waals surface area contributed by atoms with Crippen molar-refractivity contribution in [1.29, 1.82) is 0 Å². The van der Waals surface area contributed by atoms with Crippen LogP contribution in [0.15, 0.2) is 18.2 Å². The lowest BCUT2D eigenvalue weighted by molar-refractivity contribution is 0.359. The lowest BCUT2D eigenvalue weighted by Gasteiger charge is -2.22. The highest BCUT2D eigenvalue weighted by atomic mass is 35.5. The zero-order valence-electron chi connectivity index (χ0n) is 11.0. The molecule has 1 aromatic carbocycles. The van der Waals surface area contributed by atoms with E-state index in [-0.39, 0.29) is 5.82 Å². The van der Waals surface area contributed by atoms with E-state index in [0.29, 0.717) is 16.9 Å². The van der Waals surface area contributed by atoms with E-state index in [0.717, 1.165) is 24.6 Å². The zero-order chi connectivity index (χ0) is 13.1. The summed E-state index contributed by atoms with van der Waals surface area (Å²) in [7, 11) is 0. The van der Waals surface area contributed by atoms with Gasteiger partial charge in [-0.15, -0.1) is 0 Å². The molecule has 1 atom stereocenters. The average Bonchev–Trinajstić information content (AvgIpc) is 3.10. The molecule has 0 radical (unpaired) electrons. The van der Waals surface area contributed by atoms with Gasteiger partial charge in [-0.25, -0.2) is 4.39 Å². The van der Waals surface area contributed by atoms with Crippen molar-refractivity contribution in [3.05, 3.63) is 34.6 Å². The molecule has 3 heteroatoms. The maximum absolute atomic E-state index is 13.0. The van der Waals surface area contributed by atoms with Crippen molar-refractivity contribution in [2.75, 3.05) is 6.54 Å². The molecule has 0 amide bonds. The molecule has 0 aliphatic heterocycles. The number of hydrogen-bond acceptors (Lipinski definition) is 1. The smallest absolute Gasteiger partial charge is 0.124 e. The molecule has 1 aromatic rings. The molecule has 0 bridgehead atoms. The molecule has 1 aliphatic carbocycles. The Morgan fingerprint density at radius 2 is 2.11 bits per heavy atom. The van der Waals surface area contributed by atoms with E-state index in [9.17, 15) is 4.39 Å². The zero-order valence-corrected chi connectivity index (χ0v) is 11.8. The van der Waals surface area contributed by atoms with Crippen LogP contribution in [0.25, 0.3) is 0 Å². The molecule has 0 saturated heterocycles. The van der Waals surface area contributed by atoms with E-state index < -0.39 is 0 Å². The molecule has 2 rings (SSSR count). The Hall–Kier alpha value is -0.600. The van der Waals surface area contributed by atoms with Crippen molar-refractivity contribution in [1.82, 2.24) is 5.32 Å². The van der Waals surface area contributed by atoms with E-state index in [4.69, 9.17) is 11.6 Å². The normalized spacial score (nSPS) is 17.2. The van der Waals surface area contributed by atoms with Crippen molar-refractivity contribution in [3.8, 4) is 0 Å². The Labute approximate surface area is 114 Å². The summed E-state index contributed by atoms with van der Waals surface area (Å²) >= 11 is 6.09. The molecule has 1 saturated carbocycles. The van der Waals surface area contributed by atoms with Gasteiger partial charge >= 0.3 is 0 Å². The minimum Gasteiger partial charge on any atom is -0.314 e. The van der Waals surface area contributed by atoms with Crippen LogP contribution in [0.3, 0.4) is 0 Å². The van der Waals surface area contributed by atoms with Gasteiger partial charge in [-0.3, -0.25) is 0 Å². The van der Waals surface area contributed by atoms with Crippen molar-refractivity contribution in [2.24, 2.45) is 11.8 Å². The third kappa shape index (κ3) is 3.96. The van der Waals surface area contributed by atoms with Crippen LogP contribution in [0.5, 0.6) is 0 Å². The Bertz CT molecular complexity index is 401. The fraction of sp³-hybridized carbons (Fsp3) is 0.600. The van der Waals surface area contributed by atoms with Gasteiger partial charge in [0, 0.05) is 11.1 Å². The van der Waals surface area contributed by atoms with Gasteiger partial charge in [0.15, 0.2) is 0 Å². The van der Waals surface area contributed by atoms with Crippen LogP contribution in [0.4, 0.5) is 4.39 Å². The molecule has 1 nitrogen and oxygen atoms in total. The maximum Gasteiger partial charge on any atom is 0.124 e. The lowest BCUT2D eigenvalue weighted by atomic mass is 9.89. The van der Waals surface area contributed by atoms with Crippen LogP contribution in [0, 0.1) is 17.7 Å². The Kier molecular flexibility index (Phi) is 4.63. The second-order valence-electron chi connectivity index (χ2n) is 5.63. The van der Waals surface area contributed by atoms with Crippen molar-refractivity contribution in [2.45, 2.75) is 39.2 Å². The molecule has 1 fully saturated rings. The topological polar surface area (TPSA) is 12.0 Å². The lowest BCUT2D eigenvalue weighted by Crippen LogP contribution is -2.29. The monoisotopic (exact) mass is 269 g/mol. The molecule has 0 heterocycles. The molecule has 1 unspecified atom stereocenters. The molecular weight excluding hydrogens is 249 g/mol. The summed E-state index contributed by atoms with van der Waals surface area (Å²) in [5.41, 5.74) is 1.05. The summed E-state index contributed by atoms with van der Waals surface area (Å²) in [6, 6.07) is 5.44. The van der Waals surface area contributed by atoms with Gasteiger partial charge in [0.25, 0.3) is 0 Å². The number of benzene rings is 1. The van der Waals surface area contributed by atoms with Crippen LogP contribution >= 0.6 is 11.6 Å². The molecule has 0 spiro atoms. The molecule has 0 aromatic heterocycles. The summed E-state index contributed by atoms with van der Waals surface area (Å²) in [4.78, 5) is 0. The van der Waals surface area contributed by atoms with Gasteiger partial charge in [0.1, 0.15) is 5.82 Å². The van der Waals surface area contributed by atoms with Gasteiger partial charge in [0.05, 0.1) is 0 Å². The van der Waals surface area contributed by atoms with E-state index in [1.165, 1.54) is 25.0 Å². The summed E-state index contributed by atoms with van der Waals surface area (Å²) in [6.07, 6.45) is 3.53. The third-order valence-electron chi connectivity index (χ3n) is 3.69. The van der Waals surface area contributed by atoms with Gasteiger partial charge < -0.3 is 5.32 Å². The molecule has 18 heavy (non-hydrogen) atoms. The highest BCUT2D eigenvalue weighted by Gasteiger charge is 2.23. The summed E-state index contributed by atoms with van der Waals surface area (Å²) in [5, 5.41) is 4.12. The first-order valence-corrected chi connectivity index (χ1v) is 7.11. The Morgan fingerprint density at radius 3 is 2.67 bits per heavy atom. The highest BCUT2D eigenvalue weighted by molar-refractivity contribution is 6.31. The van der Waals surface area contributed by atoms with E-state index in [1.807, 2.05) is 6.07 Å². The second kappa shape index (κ2) is 6.03. The molecular formula is C15H21ClFN. The van der Waals surface area contributed by atoms with Crippen LogP contribution in [0.1, 0.15) is 32.3 Å². The standard InChI is InChI=1S/C15H21ClFN/c1-10(2)12(9-18-14-5-6-14)7-11-3-4-13(17)8-15(11)16/h3-4,8,10,12,14,18H,5-7,9H2,1-2H3. The second-order valence-corrected chi connectivity index (χ2v) is 6.03. The number of halogens is 2. The fourth-order valence-electron chi connectivity index (χ4n) is 2.12. The predicted molar refractivity (Wildman–Crippen MR) is 74.5 cm³/mol. The van der Waals surface area contributed by atoms with Crippen molar-refractivity contribution in [3.63, 3.8) is 0 Å². The average molecular weight is 270 g/mol. The summed E-state index contributed by atoms with van der Waals surface area (Å²) < 4.78 is 13.0. The first-order valence-electron chi connectivity index (χ1n) is 6.73. The predicted octanol–water partition coefficient (Wildman–Crippen LogP) is 4.05. The number of rotatable bonds is 6. The summed E-state index contributed by atoms with van der Waals surface area (Å²) in [5.74, 6) is 0.881. The first-order chi connectivity index (χ1) is 8.56. The Balaban J connectivity index is 1.97. The molecule has 1 aliphatic rings. The number of hydrogen-bond donors (Lipinski definition) is 1. The van der Waals surface area contributed by atoms with Crippen LogP contribution in [-0.2, 0) is 6.42 Å². The SMILES string of the molecule is CC(C)C(CNC1CC1)Cc1ccc(F)cc1Cl. The highest BCUT2D eigenvalue weighted by Crippen LogP contribution is 2.25. The van der Waals surface area contributed by atoms with Gasteiger partial charge in [-0.1, -0.05) is 31.5 Å². The van der Waals surface area contributed by atoms with E-state index in [1.54, 1.807) is 0 Å². The van der Waals surface area contributed by atoms with Crippen LogP contribution in [-0.4, -0.2) is 12.6 Å². The van der Waals surface area contributed by atoms with Crippen molar-refractivity contribution < 1.29 is 4.39 Å². The maximum atomic E-state index is 13.0. The van der Waals surface area contributed by atoms with Gasteiger partial charge in [-0.2, -0.15) is 0 Å². The van der Waals surface area contributed by atoms with E-state index >= 15 is 0 Å². The molecule has 100 valence electrons. The first kappa shape index (κ1) is 13.8. The van der Waals surface area contributed by atoms with Crippen LogP contribution in [0.2, 0.25) is 5.02 Å². The Morgan fingerprint density at radius 1 is 1.39 bits per heavy atom.